The number of aliphatic carboxylic acids is 1. The largest absolute Gasteiger partial charge is 0.481 e. The van der Waals surface area contributed by atoms with Crippen LogP contribution < -0.4 is 5.56 Å². The molecule has 0 amide bonds. The highest BCUT2D eigenvalue weighted by atomic mass is 19.1. The SMILES string of the molecule is O=C(O)CCCCc1nc2cc(C3=NOC[C@@H]3c3ccccc3)ccc2c(=O)n1-c1ccc(F)cc1. The summed E-state index contributed by atoms with van der Waals surface area (Å²) in [7, 11) is 0. The van der Waals surface area contributed by atoms with E-state index >= 15 is 0 Å². The van der Waals surface area contributed by atoms with Gasteiger partial charge >= 0.3 is 5.97 Å². The first-order valence-corrected chi connectivity index (χ1v) is 11.8. The molecule has 1 atom stereocenters. The molecule has 8 heteroatoms. The van der Waals surface area contributed by atoms with E-state index in [1.807, 2.05) is 42.5 Å². The standard InChI is InChI=1S/C28H24FN3O4/c29-20-11-13-21(14-12-20)32-25(8-4-5-9-26(33)34)30-24-16-19(10-15-22(24)28(32)35)27-23(17-36-31-27)18-6-2-1-3-7-18/h1-3,6-7,10-16,23H,4-5,8-9,17H2,(H,33,34)/t23-/m1/s1. The van der Waals surface area contributed by atoms with E-state index < -0.39 is 11.8 Å². The van der Waals surface area contributed by atoms with Crippen molar-refractivity contribution in [1.82, 2.24) is 9.55 Å². The number of oxime groups is 1. The third-order valence-corrected chi connectivity index (χ3v) is 6.30. The van der Waals surface area contributed by atoms with Gasteiger partial charge < -0.3 is 9.94 Å². The van der Waals surface area contributed by atoms with Crippen LogP contribution in [0.25, 0.3) is 16.6 Å². The summed E-state index contributed by atoms with van der Waals surface area (Å²) in [6.07, 6.45) is 1.44. The van der Waals surface area contributed by atoms with Crippen LogP contribution in [0.5, 0.6) is 0 Å². The molecule has 5 rings (SSSR count). The van der Waals surface area contributed by atoms with Gasteiger partial charge in [0.05, 0.1) is 28.2 Å². The molecule has 36 heavy (non-hydrogen) atoms. The predicted molar refractivity (Wildman–Crippen MR) is 134 cm³/mol. The quantitative estimate of drug-likeness (QED) is 0.361. The molecule has 1 N–H and O–H groups in total. The van der Waals surface area contributed by atoms with E-state index in [9.17, 15) is 14.0 Å². The first-order valence-electron chi connectivity index (χ1n) is 11.8. The number of benzene rings is 3. The smallest absolute Gasteiger partial charge is 0.303 e. The Morgan fingerprint density at radius 2 is 1.83 bits per heavy atom. The number of fused-ring (bicyclic) bond motifs is 1. The summed E-state index contributed by atoms with van der Waals surface area (Å²) in [4.78, 5) is 34.7. The summed E-state index contributed by atoms with van der Waals surface area (Å²) in [5, 5.41) is 13.7. The molecule has 0 fully saturated rings. The van der Waals surface area contributed by atoms with Crippen LogP contribution in [0.2, 0.25) is 0 Å². The second kappa shape index (κ2) is 10.1. The van der Waals surface area contributed by atoms with Gasteiger partial charge in [-0.05, 0) is 54.8 Å². The normalized spacial score (nSPS) is 15.0. The van der Waals surface area contributed by atoms with Crippen LogP contribution >= 0.6 is 0 Å². The minimum Gasteiger partial charge on any atom is -0.481 e. The number of hydrogen-bond donors (Lipinski definition) is 1. The topological polar surface area (TPSA) is 93.8 Å². The molecule has 0 aliphatic carbocycles. The van der Waals surface area contributed by atoms with E-state index in [1.165, 1.54) is 28.8 Å². The Bertz CT molecular complexity index is 1500. The Morgan fingerprint density at radius 3 is 2.58 bits per heavy atom. The summed E-state index contributed by atoms with van der Waals surface area (Å²) in [6, 6.07) is 21.1. The summed E-state index contributed by atoms with van der Waals surface area (Å²) >= 11 is 0. The monoisotopic (exact) mass is 485 g/mol. The lowest BCUT2D eigenvalue weighted by molar-refractivity contribution is -0.137. The van der Waals surface area contributed by atoms with Crippen LogP contribution in [0.3, 0.4) is 0 Å². The van der Waals surface area contributed by atoms with Crippen molar-refractivity contribution in [2.45, 2.75) is 31.6 Å². The van der Waals surface area contributed by atoms with Crippen LogP contribution in [0.15, 0.2) is 82.7 Å². The van der Waals surface area contributed by atoms with Crippen molar-refractivity contribution in [1.29, 1.82) is 0 Å². The number of aryl methyl sites for hydroxylation is 1. The van der Waals surface area contributed by atoms with E-state index in [0.717, 1.165) is 16.8 Å². The third kappa shape index (κ3) is 4.75. The minimum atomic E-state index is -0.866. The molecule has 182 valence electrons. The van der Waals surface area contributed by atoms with Crippen molar-refractivity contribution >= 4 is 22.6 Å². The average Bonchev–Trinajstić information content (AvgIpc) is 3.38. The third-order valence-electron chi connectivity index (χ3n) is 6.30. The lowest BCUT2D eigenvalue weighted by Gasteiger charge is -2.15. The van der Waals surface area contributed by atoms with Crippen molar-refractivity contribution in [3.63, 3.8) is 0 Å². The van der Waals surface area contributed by atoms with Crippen LogP contribution in [-0.2, 0) is 16.1 Å². The second-order valence-corrected chi connectivity index (χ2v) is 8.71. The summed E-state index contributed by atoms with van der Waals surface area (Å²) in [6.45, 7) is 0.436. The van der Waals surface area contributed by atoms with Crippen LogP contribution in [0.4, 0.5) is 4.39 Å². The van der Waals surface area contributed by atoms with Crippen molar-refractivity contribution in [2.24, 2.45) is 5.16 Å². The number of nitrogens with zero attached hydrogens (tertiary/aromatic N) is 3. The molecule has 0 bridgehead atoms. The summed E-state index contributed by atoms with van der Waals surface area (Å²) < 4.78 is 15.0. The molecule has 1 aliphatic heterocycles. The van der Waals surface area contributed by atoms with Crippen molar-refractivity contribution in [3.05, 3.63) is 106 Å². The Hall–Kier alpha value is -4.33. The number of carboxylic acids is 1. The summed E-state index contributed by atoms with van der Waals surface area (Å²) in [5.41, 5.74) is 3.44. The van der Waals surface area contributed by atoms with Crippen molar-refractivity contribution < 1.29 is 19.1 Å². The molecular weight excluding hydrogens is 461 g/mol. The Labute approximate surface area is 206 Å². The maximum Gasteiger partial charge on any atom is 0.303 e. The number of hydrogen-bond acceptors (Lipinski definition) is 5. The Morgan fingerprint density at radius 1 is 1.06 bits per heavy atom. The Balaban J connectivity index is 1.57. The molecule has 3 aromatic carbocycles. The van der Waals surface area contributed by atoms with Crippen molar-refractivity contribution in [2.75, 3.05) is 6.61 Å². The van der Waals surface area contributed by atoms with E-state index in [4.69, 9.17) is 14.9 Å². The molecule has 0 saturated heterocycles. The average molecular weight is 486 g/mol. The second-order valence-electron chi connectivity index (χ2n) is 8.71. The van der Waals surface area contributed by atoms with Crippen LogP contribution in [0, 0.1) is 5.82 Å². The maximum absolute atomic E-state index is 13.6. The highest BCUT2D eigenvalue weighted by Crippen LogP contribution is 2.28. The molecule has 0 spiro atoms. The van der Waals surface area contributed by atoms with Crippen molar-refractivity contribution in [3.8, 4) is 5.69 Å². The highest BCUT2D eigenvalue weighted by molar-refractivity contribution is 6.07. The molecule has 1 aliphatic rings. The van der Waals surface area contributed by atoms with E-state index in [0.29, 0.717) is 48.3 Å². The van der Waals surface area contributed by atoms with Gasteiger partial charge in [0, 0.05) is 18.4 Å². The molecule has 0 radical (unpaired) electrons. The van der Waals surface area contributed by atoms with Crippen LogP contribution in [-0.4, -0.2) is 32.9 Å². The molecule has 7 nitrogen and oxygen atoms in total. The molecular formula is C28H24FN3O4. The number of unbranched alkanes of at least 4 members (excludes halogenated alkanes) is 1. The van der Waals surface area contributed by atoms with Gasteiger partial charge in [0.2, 0.25) is 0 Å². The zero-order chi connectivity index (χ0) is 25.1. The molecule has 1 aromatic heterocycles. The number of halogens is 1. The van der Waals surface area contributed by atoms with Gasteiger partial charge in [-0.25, -0.2) is 9.37 Å². The van der Waals surface area contributed by atoms with Gasteiger partial charge in [0.15, 0.2) is 0 Å². The zero-order valence-electron chi connectivity index (χ0n) is 19.4. The van der Waals surface area contributed by atoms with Gasteiger partial charge in [-0.3, -0.25) is 14.2 Å². The van der Waals surface area contributed by atoms with Crippen LogP contribution in [0.1, 0.15) is 42.1 Å². The first kappa shape index (κ1) is 23.4. The number of aromatic nitrogens is 2. The van der Waals surface area contributed by atoms with E-state index in [2.05, 4.69) is 5.16 Å². The van der Waals surface area contributed by atoms with Gasteiger partial charge in [-0.2, -0.15) is 0 Å². The first-order chi connectivity index (χ1) is 17.5. The number of carboxylic acid groups (broad SMARTS) is 1. The minimum absolute atomic E-state index is 0.0290. The fourth-order valence-electron chi connectivity index (χ4n) is 4.49. The fraction of sp³-hybridized carbons (Fsp3) is 0.214. The summed E-state index contributed by atoms with van der Waals surface area (Å²) in [5.74, 6) is -0.806. The highest BCUT2D eigenvalue weighted by Gasteiger charge is 2.27. The molecule has 0 unspecified atom stereocenters. The van der Waals surface area contributed by atoms with Gasteiger partial charge in [0.1, 0.15) is 18.2 Å². The van der Waals surface area contributed by atoms with E-state index in [1.54, 1.807) is 6.07 Å². The molecule has 4 aromatic rings. The van der Waals surface area contributed by atoms with E-state index in [-0.39, 0.29) is 17.9 Å². The molecule has 2 heterocycles. The lowest BCUT2D eigenvalue weighted by atomic mass is 9.91. The zero-order valence-corrected chi connectivity index (χ0v) is 19.4. The van der Waals surface area contributed by atoms with Gasteiger partial charge in [0.25, 0.3) is 5.56 Å². The molecule has 0 saturated carbocycles. The Kier molecular flexibility index (Phi) is 6.58. The van der Waals surface area contributed by atoms with Gasteiger partial charge in [-0.15, -0.1) is 0 Å². The maximum atomic E-state index is 13.6. The fourth-order valence-corrected chi connectivity index (χ4v) is 4.49. The number of rotatable bonds is 8. The number of carbonyl (C=O) groups is 1. The lowest BCUT2D eigenvalue weighted by Crippen LogP contribution is -2.24. The predicted octanol–water partition coefficient (Wildman–Crippen LogP) is 4.84. The van der Waals surface area contributed by atoms with Gasteiger partial charge in [-0.1, -0.05) is 41.6 Å².